The number of hydrogen-bond acceptors (Lipinski definition) is 2. The molecule has 0 fully saturated rings. The van der Waals surface area contributed by atoms with E-state index >= 15 is 0 Å². The molecule has 0 aliphatic heterocycles. The molecule has 1 unspecified atom stereocenters. The minimum absolute atomic E-state index is 0.312. The molecule has 2 aromatic rings. The quantitative estimate of drug-likeness (QED) is 0.860. The van der Waals surface area contributed by atoms with Gasteiger partial charge in [-0.25, -0.2) is 4.39 Å². The smallest absolute Gasteiger partial charge is 0.123 e. The van der Waals surface area contributed by atoms with Crippen molar-refractivity contribution in [3.8, 4) is 0 Å². The zero-order chi connectivity index (χ0) is 12.6. The molecular formula is C14H15FOS. The van der Waals surface area contributed by atoms with Crippen LogP contribution in [0.1, 0.15) is 27.8 Å². The summed E-state index contributed by atoms with van der Waals surface area (Å²) < 4.78 is 13.4. The van der Waals surface area contributed by atoms with Crippen molar-refractivity contribution in [3.63, 3.8) is 0 Å². The summed E-state index contributed by atoms with van der Waals surface area (Å²) in [6.45, 7) is 5.51. The number of rotatable bonds is 2. The second-order valence-corrected chi connectivity index (χ2v) is 5.79. The van der Waals surface area contributed by atoms with Crippen LogP contribution in [0.4, 0.5) is 4.39 Å². The Morgan fingerprint density at radius 1 is 1.18 bits per heavy atom. The van der Waals surface area contributed by atoms with Crippen LogP contribution in [0.5, 0.6) is 0 Å². The molecule has 3 heteroatoms. The predicted molar refractivity (Wildman–Crippen MR) is 68.9 cm³/mol. The first-order valence-electron chi connectivity index (χ1n) is 5.46. The van der Waals surface area contributed by atoms with Crippen molar-refractivity contribution in [1.82, 2.24) is 0 Å². The van der Waals surface area contributed by atoms with Gasteiger partial charge < -0.3 is 5.11 Å². The highest BCUT2D eigenvalue weighted by Gasteiger charge is 2.27. The van der Waals surface area contributed by atoms with E-state index in [0.29, 0.717) is 5.56 Å². The molecule has 0 aliphatic carbocycles. The molecule has 1 heterocycles. The van der Waals surface area contributed by atoms with E-state index in [1.807, 2.05) is 32.0 Å². The summed E-state index contributed by atoms with van der Waals surface area (Å²) in [5.41, 5.74) is 0.275. The standard InChI is InChI=1S/C14H15FOS/c1-9-6-11(8-12(15)7-9)14(3,16)13-5-4-10(2)17-13/h4-8,16H,1-3H3. The van der Waals surface area contributed by atoms with E-state index in [-0.39, 0.29) is 5.82 Å². The maximum Gasteiger partial charge on any atom is 0.123 e. The van der Waals surface area contributed by atoms with Gasteiger partial charge in [0.2, 0.25) is 0 Å². The zero-order valence-corrected chi connectivity index (χ0v) is 10.9. The van der Waals surface area contributed by atoms with Gasteiger partial charge in [-0.3, -0.25) is 0 Å². The van der Waals surface area contributed by atoms with Gasteiger partial charge in [-0.15, -0.1) is 11.3 Å². The summed E-state index contributed by atoms with van der Waals surface area (Å²) in [6.07, 6.45) is 0. The van der Waals surface area contributed by atoms with Gasteiger partial charge in [0.05, 0.1) is 0 Å². The average molecular weight is 250 g/mol. The maximum atomic E-state index is 13.4. The molecule has 1 aromatic carbocycles. The van der Waals surface area contributed by atoms with Crippen molar-refractivity contribution < 1.29 is 9.50 Å². The third-order valence-electron chi connectivity index (χ3n) is 2.82. The minimum Gasteiger partial charge on any atom is -0.380 e. The minimum atomic E-state index is -1.13. The molecular weight excluding hydrogens is 235 g/mol. The highest BCUT2D eigenvalue weighted by molar-refractivity contribution is 7.12. The fraction of sp³-hybridized carbons (Fsp3) is 0.286. The predicted octanol–water partition coefficient (Wildman–Crippen LogP) is 3.76. The summed E-state index contributed by atoms with van der Waals surface area (Å²) in [6, 6.07) is 8.51. The van der Waals surface area contributed by atoms with Crippen LogP contribution in [0.2, 0.25) is 0 Å². The van der Waals surface area contributed by atoms with Gasteiger partial charge in [-0.2, -0.15) is 0 Å². The molecule has 0 amide bonds. The van der Waals surface area contributed by atoms with Crippen LogP contribution in [-0.2, 0) is 5.60 Å². The van der Waals surface area contributed by atoms with Crippen molar-refractivity contribution in [2.75, 3.05) is 0 Å². The lowest BCUT2D eigenvalue weighted by Gasteiger charge is -2.23. The van der Waals surface area contributed by atoms with Crippen LogP contribution in [-0.4, -0.2) is 5.11 Å². The fourth-order valence-corrected chi connectivity index (χ4v) is 2.79. The molecule has 0 saturated heterocycles. The lowest BCUT2D eigenvalue weighted by Crippen LogP contribution is -2.21. The molecule has 1 nitrogen and oxygen atoms in total. The molecule has 1 N–H and O–H groups in total. The molecule has 1 atom stereocenters. The first-order chi connectivity index (χ1) is 7.89. The Hall–Kier alpha value is -1.19. The lowest BCUT2D eigenvalue weighted by molar-refractivity contribution is 0.106. The van der Waals surface area contributed by atoms with E-state index in [2.05, 4.69) is 0 Å². The monoisotopic (exact) mass is 250 g/mol. The van der Waals surface area contributed by atoms with Crippen LogP contribution < -0.4 is 0 Å². The number of aliphatic hydroxyl groups is 1. The fourth-order valence-electron chi connectivity index (χ4n) is 1.86. The highest BCUT2D eigenvalue weighted by Crippen LogP contribution is 2.34. The zero-order valence-electron chi connectivity index (χ0n) is 10.1. The maximum absolute atomic E-state index is 13.4. The Kier molecular flexibility index (Phi) is 3.06. The van der Waals surface area contributed by atoms with Crippen molar-refractivity contribution in [3.05, 3.63) is 57.0 Å². The van der Waals surface area contributed by atoms with Crippen LogP contribution in [0.15, 0.2) is 30.3 Å². The van der Waals surface area contributed by atoms with E-state index in [1.54, 1.807) is 6.92 Å². The number of aryl methyl sites for hydroxylation is 2. The van der Waals surface area contributed by atoms with Crippen LogP contribution >= 0.6 is 11.3 Å². The van der Waals surface area contributed by atoms with Crippen LogP contribution in [0.25, 0.3) is 0 Å². The van der Waals surface area contributed by atoms with Crippen molar-refractivity contribution >= 4 is 11.3 Å². The molecule has 0 bridgehead atoms. The second-order valence-electron chi connectivity index (χ2n) is 4.50. The first kappa shape index (κ1) is 12.3. The largest absolute Gasteiger partial charge is 0.380 e. The number of hydrogen-bond donors (Lipinski definition) is 1. The van der Waals surface area contributed by atoms with Crippen molar-refractivity contribution in [2.24, 2.45) is 0 Å². The van der Waals surface area contributed by atoms with Crippen molar-refractivity contribution in [1.29, 1.82) is 0 Å². The molecule has 0 aliphatic rings. The van der Waals surface area contributed by atoms with Crippen molar-refractivity contribution in [2.45, 2.75) is 26.4 Å². The third kappa shape index (κ3) is 2.40. The molecule has 2 rings (SSSR count). The Bertz CT molecular complexity index is 523. The van der Waals surface area contributed by atoms with E-state index in [4.69, 9.17) is 0 Å². The molecule has 90 valence electrons. The van der Waals surface area contributed by atoms with Crippen LogP contribution in [0.3, 0.4) is 0 Å². The van der Waals surface area contributed by atoms with E-state index in [1.165, 1.54) is 23.5 Å². The van der Waals surface area contributed by atoms with E-state index in [0.717, 1.165) is 15.3 Å². The number of benzene rings is 1. The SMILES string of the molecule is Cc1cc(F)cc(C(C)(O)c2ccc(C)s2)c1. The Morgan fingerprint density at radius 2 is 1.88 bits per heavy atom. The average Bonchev–Trinajstić information content (AvgIpc) is 2.64. The van der Waals surface area contributed by atoms with Gasteiger partial charge in [0, 0.05) is 9.75 Å². The van der Waals surface area contributed by atoms with Gasteiger partial charge >= 0.3 is 0 Å². The summed E-state index contributed by atoms with van der Waals surface area (Å²) >= 11 is 1.53. The summed E-state index contributed by atoms with van der Waals surface area (Å²) in [5, 5.41) is 10.6. The molecule has 0 saturated carbocycles. The van der Waals surface area contributed by atoms with Gasteiger partial charge in [-0.1, -0.05) is 6.07 Å². The first-order valence-corrected chi connectivity index (χ1v) is 6.28. The molecule has 17 heavy (non-hydrogen) atoms. The molecule has 0 spiro atoms. The van der Waals surface area contributed by atoms with Gasteiger partial charge in [0.25, 0.3) is 0 Å². The number of halogens is 1. The summed E-state index contributed by atoms with van der Waals surface area (Å²) in [7, 11) is 0. The van der Waals surface area contributed by atoms with E-state index < -0.39 is 5.60 Å². The van der Waals surface area contributed by atoms with Gasteiger partial charge in [-0.05, 0) is 56.2 Å². The Morgan fingerprint density at radius 3 is 2.41 bits per heavy atom. The van der Waals surface area contributed by atoms with Crippen LogP contribution in [0, 0.1) is 19.7 Å². The molecule has 0 radical (unpaired) electrons. The molecule has 1 aromatic heterocycles. The Balaban J connectivity index is 2.50. The summed E-state index contributed by atoms with van der Waals surface area (Å²) in [4.78, 5) is 1.97. The highest BCUT2D eigenvalue weighted by atomic mass is 32.1. The normalized spacial score (nSPS) is 14.6. The topological polar surface area (TPSA) is 20.2 Å². The number of thiophene rings is 1. The van der Waals surface area contributed by atoms with Gasteiger partial charge in [0.15, 0.2) is 0 Å². The Labute approximate surface area is 105 Å². The lowest BCUT2D eigenvalue weighted by atomic mass is 9.93. The second kappa shape index (κ2) is 4.24. The van der Waals surface area contributed by atoms with E-state index in [9.17, 15) is 9.50 Å². The van der Waals surface area contributed by atoms with Gasteiger partial charge in [0.1, 0.15) is 11.4 Å². The third-order valence-corrected chi connectivity index (χ3v) is 4.04. The summed E-state index contributed by atoms with van der Waals surface area (Å²) in [5.74, 6) is -0.312.